The molecule has 0 bridgehead atoms. The predicted octanol–water partition coefficient (Wildman–Crippen LogP) is 5.75. The first kappa shape index (κ1) is 20.3. The second-order valence-electron chi connectivity index (χ2n) is 6.32. The number of carbonyl (C=O) groups excluding carboxylic acids is 1. The van der Waals surface area contributed by atoms with Crippen LogP contribution in [-0.2, 0) is 0 Å². The molecule has 3 aromatic carbocycles. The number of benzene rings is 3. The standard InChI is InChI=1S/C22H16ClN3O2S2/c1-28-15-6-4-5-13(11-15)20(27)26-22(29)25-18-12-14(9-10-16(18)23)21-24-17-7-2-3-8-19(17)30-21/h2-12H,1H3,(H2,25,26,27,29). The molecule has 1 amide bonds. The number of amides is 1. The lowest BCUT2D eigenvalue weighted by atomic mass is 10.2. The molecule has 0 aliphatic heterocycles. The number of hydrogen-bond acceptors (Lipinski definition) is 5. The van der Waals surface area contributed by atoms with Crippen LogP contribution in [0.1, 0.15) is 10.4 Å². The van der Waals surface area contributed by atoms with E-state index in [-0.39, 0.29) is 11.0 Å². The molecular formula is C22H16ClN3O2S2. The fourth-order valence-corrected chi connectivity index (χ4v) is 4.17. The Bertz CT molecular complexity index is 1220. The van der Waals surface area contributed by atoms with E-state index in [1.807, 2.05) is 36.4 Å². The molecule has 4 rings (SSSR count). The number of nitrogens with one attached hydrogen (secondary N) is 2. The Hall–Kier alpha value is -3.00. The number of carbonyl (C=O) groups is 1. The topological polar surface area (TPSA) is 63.2 Å². The molecule has 0 spiro atoms. The largest absolute Gasteiger partial charge is 0.497 e. The molecule has 0 saturated heterocycles. The molecule has 2 N–H and O–H groups in total. The number of ether oxygens (including phenoxy) is 1. The van der Waals surface area contributed by atoms with Gasteiger partial charge in [-0.1, -0.05) is 35.9 Å². The van der Waals surface area contributed by atoms with E-state index in [0.717, 1.165) is 20.8 Å². The first-order chi connectivity index (χ1) is 14.5. The number of hydrogen-bond donors (Lipinski definition) is 2. The number of thiazole rings is 1. The van der Waals surface area contributed by atoms with Crippen molar-refractivity contribution in [2.45, 2.75) is 0 Å². The lowest BCUT2D eigenvalue weighted by Crippen LogP contribution is -2.34. The summed E-state index contributed by atoms with van der Waals surface area (Å²) < 4.78 is 6.26. The van der Waals surface area contributed by atoms with Crippen LogP contribution in [0.25, 0.3) is 20.8 Å². The molecule has 30 heavy (non-hydrogen) atoms. The van der Waals surface area contributed by atoms with Crippen molar-refractivity contribution in [1.29, 1.82) is 0 Å². The van der Waals surface area contributed by atoms with Crippen LogP contribution in [-0.4, -0.2) is 23.1 Å². The van der Waals surface area contributed by atoms with Gasteiger partial charge in [-0.3, -0.25) is 10.1 Å². The summed E-state index contributed by atoms with van der Waals surface area (Å²) in [6.45, 7) is 0. The maximum atomic E-state index is 12.5. The minimum absolute atomic E-state index is 0.145. The Morgan fingerprint density at radius 2 is 1.93 bits per heavy atom. The summed E-state index contributed by atoms with van der Waals surface area (Å²) >= 11 is 13.2. The Balaban J connectivity index is 1.51. The van der Waals surface area contributed by atoms with Gasteiger partial charge in [0.1, 0.15) is 10.8 Å². The minimum atomic E-state index is -0.343. The molecule has 1 heterocycles. The van der Waals surface area contributed by atoms with Gasteiger partial charge >= 0.3 is 0 Å². The summed E-state index contributed by atoms with van der Waals surface area (Å²) in [6.07, 6.45) is 0. The van der Waals surface area contributed by atoms with Crippen molar-refractivity contribution in [2.24, 2.45) is 0 Å². The fourth-order valence-electron chi connectivity index (χ4n) is 2.84. The average Bonchev–Trinajstić information content (AvgIpc) is 3.19. The number of rotatable bonds is 4. The normalized spacial score (nSPS) is 10.6. The number of nitrogens with zero attached hydrogens (tertiary/aromatic N) is 1. The highest BCUT2D eigenvalue weighted by Gasteiger charge is 2.12. The number of aromatic nitrogens is 1. The van der Waals surface area contributed by atoms with E-state index in [9.17, 15) is 4.79 Å². The van der Waals surface area contributed by atoms with E-state index in [1.165, 1.54) is 0 Å². The number of thiocarbonyl (C=S) groups is 1. The summed E-state index contributed by atoms with van der Waals surface area (Å²) in [6, 6.07) is 20.3. The molecule has 1 aromatic heterocycles. The van der Waals surface area contributed by atoms with E-state index in [2.05, 4.69) is 15.6 Å². The molecule has 4 aromatic rings. The highest BCUT2D eigenvalue weighted by Crippen LogP contribution is 2.33. The number of methoxy groups -OCH3 is 1. The van der Waals surface area contributed by atoms with E-state index in [0.29, 0.717) is 22.0 Å². The third kappa shape index (κ3) is 4.43. The molecule has 0 fully saturated rings. The van der Waals surface area contributed by atoms with Crippen LogP contribution in [0.15, 0.2) is 66.7 Å². The summed E-state index contributed by atoms with van der Waals surface area (Å²) in [7, 11) is 1.55. The summed E-state index contributed by atoms with van der Waals surface area (Å²) in [4.78, 5) is 17.1. The zero-order chi connectivity index (χ0) is 21.1. The molecule has 5 nitrogen and oxygen atoms in total. The molecule has 0 saturated carbocycles. The number of fused-ring (bicyclic) bond motifs is 1. The van der Waals surface area contributed by atoms with Crippen LogP contribution in [0.5, 0.6) is 5.75 Å². The van der Waals surface area contributed by atoms with Gasteiger partial charge in [0.2, 0.25) is 0 Å². The summed E-state index contributed by atoms with van der Waals surface area (Å²) in [5.41, 5.74) is 2.88. The second-order valence-corrected chi connectivity index (χ2v) is 8.17. The first-order valence-electron chi connectivity index (χ1n) is 8.95. The third-order valence-corrected chi connectivity index (χ3v) is 5.93. The maximum Gasteiger partial charge on any atom is 0.257 e. The van der Waals surface area contributed by atoms with Crippen molar-refractivity contribution in [1.82, 2.24) is 10.3 Å². The van der Waals surface area contributed by atoms with Gasteiger partial charge in [0.15, 0.2) is 5.11 Å². The van der Waals surface area contributed by atoms with Crippen molar-refractivity contribution < 1.29 is 9.53 Å². The van der Waals surface area contributed by atoms with Gasteiger partial charge in [-0.25, -0.2) is 4.98 Å². The monoisotopic (exact) mass is 453 g/mol. The Morgan fingerprint density at radius 3 is 2.73 bits per heavy atom. The van der Waals surface area contributed by atoms with Crippen molar-refractivity contribution in [3.8, 4) is 16.3 Å². The average molecular weight is 454 g/mol. The van der Waals surface area contributed by atoms with Crippen molar-refractivity contribution in [2.75, 3.05) is 12.4 Å². The number of anilines is 1. The number of halogens is 1. The highest BCUT2D eigenvalue weighted by atomic mass is 35.5. The highest BCUT2D eigenvalue weighted by molar-refractivity contribution is 7.80. The molecule has 0 aliphatic rings. The predicted molar refractivity (Wildman–Crippen MR) is 127 cm³/mol. The molecule has 0 radical (unpaired) electrons. The van der Waals surface area contributed by atoms with Gasteiger partial charge in [-0.05, 0) is 54.7 Å². The van der Waals surface area contributed by atoms with Crippen LogP contribution in [0, 0.1) is 0 Å². The smallest absolute Gasteiger partial charge is 0.257 e. The zero-order valence-electron chi connectivity index (χ0n) is 15.8. The van der Waals surface area contributed by atoms with Crippen molar-refractivity contribution >= 4 is 62.1 Å². The Labute approximate surface area is 187 Å². The van der Waals surface area contributed by atoms with Crippen molar-refractivity contribution in [3.63, 3.8) is 0 Å². The van der Waals surface area contributed by atoms with Crippen LogP contribution in [0.4, 0.5) is 5.69 Å². The quantitative estimate of drug-likeness (QED) is 0.385. The van der Waals surface area contributed by atoms with Crippen molar-refractivity contribution in [3.05, 3.63) is 77.3 Å². The van der Waals surface area contributed by atoms with Crippen LogP contribution < -0.4 is 15.4 Å². The lowest BCUT2D eigenvalue weighted by molar-refractivity contribution is 0.0977. The van der Waals surface area contributed by atoms with Crippen LogP contribution in [0.2, 0.25) is 5.02 Å². The maximum absolute atomic E-state index is 12.5. The van der Waals surface area contributed by atoms with Gasteiger partial charge in [-0.2, -0.15) is 0 Å². The first-order valence-corrected chi connectivity index (χ1v) is 10.6. The number of para-hydroxylation sites is 1. The molecule has 0 unspecified atom stereocenters. The Kier molecular flexibility index (Phi) is 5.94. The molecule has 8 heteroatoms. The SMILES string of the molecule is COc1cccc(C(=O)NC(=S)Nc2cc(-c3nc4ccccc4s3)ccc2Cl)c1. The fraction of sp³-hybridized carbons (Fsp3) is 0.0455. The van der Waals surface area contributed by atoms with Crippen LogP contribution >= 0.6 is 35.2 Å². The van der Waals surface area contributed by atoms with Gasteiger partial charge in [0.25, 0.3) is 5.91 Å². The van der Waals surface area contributed by atoms with E-state index in [4.69, 9.17) is 28.6 Å². The van der Waals surface area contributed by atoms with E-state index >= 15 is 0 Å². The zero-order valence-corrected chi connectivity index (χ0v) is 18.2. The van der Waals surface area contributed by atoms with Gasteiger partial charge < -0.3 is 10.1 Å². The van der Waals surface area contributed by atoms with Crippen LogP contribution in [0.3, 0.4) is 0 Å². The second kappa shape index (κ2) is 8.79. The van der Waals surface area contributed by atoms with Gasteiger partial charge in [-0.15, -0.1) is 11.3 Å². The van der Waals surface area contributed by atoms with Gasteiger partial charge in [0, 0.05) is 11.1 Å². The molecule has 0 aliphatic carbocycles. The van der Waals surface area contributed by atoms with E-state index < -0.39 is 0 Å². The summed E-state index contributed by atoms with van der Waals surface area (Å²) in [5.74, 6) is 0.248. The third-order valence-electron chi connectivity index (χ3n) is 4.31. The Morgan fingerprint density at radius 1 is 1.10 bits per heavy atom. The molecule has 150 valence electrons. The summed E-state index contributed by atoms with van der Waals surface area (Å²) in [5, 5.41) is 7.16. The minimum Gasteiger partial charge on any atom is -0.497 e. The van der Waals surface area contributed by atoms with E-state index in [1.54, 1.807) is 48.8 Å². The van der Waals surface area contributed by atoms with Gasteiger partial charge in [0.05, 0.1) is 28.0 Å². The lowest BCUT2D eigenvalue weighted by Gasteiger charge is -2.12. The molecule has 0 atom stereocenters. The molecular weight excluding hydrogens is 438 g/mol.